The van der Waals surface area contributed by atoms with Crippen molar-refractivity contribution < 1.29 is 4.74 Å². The van der Waals surface area contributed by atoms with E-state index in [2.05, 4.69) is 31.1 Å². The average molecular weight is 228 g/mol. The second-order valence-electron chi connectivity index (χ2n) is 4.77. The van der Waals surface area contributed by atoms with Crippen molar-refractivity contribution in [3.63, 3.8) is 0 Å². The van der Waals surface area contributed by atoms with E-state index in [0.29, 0.717) is 0 Å². The molecule has 96 valence electrons. The van der Waals surface area contributed by atoms with Crippen LogP contribution in [0.2, 0.25) is 0 Å². The number of rotatable bonds is 7. The van der Waals surface area contributed by atoms with Gasteiger partial charge in [-0.2, -0.15) is 0 Å². The van der Waals surface area contributed by atoms with Crippen LogP contribution < -0.4 is 5.32 Å². The molecule has 2 unspecified atom stereocenters. The standard InChI is InChI=1S/C13H28N2O/c1-4-9-16-10-8-15-7-6-13(14-3)12(5-2)11-15/h12-14H,4-11H2,1-3H3. The molecule has 1 aliphatic heterocycles. The summed E-state index contributed by atoms with van der Waals surface area (Å²) in [5.74, 6) is 0.810. The van der Waals surface area contributed by atoms with Crippen molar-refractivity contribution in [3.05, 3.63) is 0 Å². The Bertz CT molecular complexity index is 175. The van der Waals surface area contributed by atoms with Gasteiger partial charge in [-0.05, 0) is 32.4 Å². The maximum atomic E-state index is 5.55. The molecule has 1 saturated heterocycles. The zero-order valence-corrected chi connectivity index (χ0v) is 11.2. The van der Waals surface area contributed by atoms with Crippen molar-refractivity contribution >= 4 is 0 Å². The van der Waals surface area contributed by atoms with E-state index in [-0.39, 0.29) is 0 Å². The van der Waals surface area contributed by atoms with Gasteiger partial charge in [0.15, 0.2) is 0 Å². The first-order chi connectivity index (χ1) is 7.81. The Labute approximate surface area is 101 Å². The smallest absolute Gasteiger partial charge is 0.0593 e. The third-order valence-electron chi connectivity index (χ3n) is 3.61. The number of hydrogen-bond donors (Lipinski definition) is 1. The molecule has 0 aliphatic carbocycles. The lowest BCUT2D eigenvalue weighted by Crippen LogP contribution is -2.48. The Morgan fingerprint density at radius 1 is 1.31 bits per heavy atom. The van der Waals surface area contributed by atoms with Crippen LogP contribution >= 0.6 is 0 Å². The molecule has 1 fully saturated rings. The van der Waals surface area contributed by atoms with Crippen LogP contribution in [0.25, 0.3) is 0 Å². The summed E-state index contributed by atoms with van der Waals surface area (Å²) in [6.07, 6.45) is 3.68. The summed E-state index contributed by atoms with van der Waals surface area (Å²) in [4.78, 5) is 2.55. The van der Waals surface area contributed by atoms with E-state index in [1.807, 2.05) is 0 Å². The van der Waals surface area contributed by atoms with Crippen molar-refractivity contribution in [3.8, 4) is 0 Å². The van der Waals surface area contributed by atoms with Gasteiger partial charge in [0.1, 0.15) is 0 Å². The van der Waals surface area contributed by atoms with Gasteiger partial charge in [-0.25, -0.2) is 0 Å². The highest BCUT2D eigenvalue weighted by atomic mass is 16.5. The second-order valence-corrected chi connectivity index (χ2v) is 4.77. The fourth-order valence-electron chi connectivity index (χ4n) is 2.54. The van der Waals surface area contributed by atoms with Crippen LogP contribution in [-0.2, 0) is 4.74 Å². The van der Waals surface area contributed by atoms with Crippen LogP contribution in [0, 0.1) is 5.92 Å². The SMILES string of the molecule is CCCOCCN1CCC(NC)C(CC)C1. The molecule has 0 aromatic heterocycles. The lowest BCUT2D eigenvalue weighted by Gasteiger charge is -2.38. The fourth-order valence-corrected chi connectivity index (χ4v) is 2.54. The number of ether oxygens (including phenoxy) is 1. The molecule has 1 N–H and O–H groups in total. The van der Waals surface area contributed by atoms with Crippen LogP contribution in [0.4, 0.5) is 0 Å². The van der Waals surface area contributed by atoms with Crippen LogP contribution in [-0.4, -0.2) is 50.8 Å². The molecule has 0 amide bonds. The van der Waals surface area contributed by atoms with Crippen molar-refractivity contribution in [2.75, 3.05) is 39.9 Å². The van der Waals surface area contributed by atoms with E-state index in [1.165, 1.54) is 25.9 Å². The first kappa shape index (κ1) is 13.9. The van der Waals surface area contributed by atoms with Gasteiger partial charge in [0.05, 0.1) is 6.61 Å². The molecule has 1 aliphatic rings. The van der Waals surface area contributed by atoms with Crippen molar-refractivity contribution in [1.29, 1.82) is 0 Å². The summed E-state index contributed by atoms with van der Waals surface area (Å²) in [5, 5.41) is 3.44. The number of piperidine rings is 1. The molecule has 0 aromatic carbocycles. The van der Waals surface area contributed by atoms with Crippen molar-refractivity contribution in [1.82, 2.24) is 10.2 Å². The lowest BCUT2D eigenvalue weighted by atomic mass is 9.90. The van der Waals surface area contributed by atoms with Gasteiger partial charge in [-0.15, -0.1) is 0 Å². The quantitative estimate of drug-likeness (QED) is 0.672. The average Bonchev–Trinajstić information content (AvgIpc) is 2.34. The molecule has 16 heavy (non-hydrogen) atoms. The largest absolute Gasteiger partial charge is 0.380 e. The highest BCUT2D eigenvalue weighted by Gasteiger charge is 2.26. The third-order valence-corrected chi connectivity index (χ3v) is 3.61. The summed E-state index contributed by atoms with van der Waals surface area (Å²) in [5.41, 5.74) is 0. The first-order valence-electron chi connectivity index (χ1n) is 6.79. The number of hydrogen-bond acceptors (Lipinski definition) is 3. The molecule has 0 spiro atoms. The summed E-state index contributed by atoms with van der Waals surface area (Å²) >= 11 is 0. The van der Waals surface area contributed by atoms with E-state index in [1.54, 1.807) is 0 Å². The Morgan fingerprint density at radius 3 is 2.75 bits per heavy atom. The molecule has 0 saturated carbocycles. The Morgan fingerprint density at radius 2 is 2.12 bits per heavy atom. The van der Waals surface area contributed by atoms with Crippen LogP contribution in [0.3, 0.4) is 0 Å². The number of nitrogens with zero attached hydrogens (tertiary/aromatic N) is 1. The van der Waals surface area contributed by atoms with Gasteiger partial charge in [0.25, 0.3) is 0 Å². The maximum Gasteiger partial charge on any atom is 0.0593 e. The minimum Gasteiger partial charge on any atom is -0.380 e. The predicted molar refractivity (Wildman–Crippen MR) is 68.8 cm³/mol. The molecular weight excluding hydrogens is 200 g/mol. The highest BCUT2D eigenvalue weighted by Crippen LogP contribution is 2.19. The van der Waals surface area contributed by atoms with Gasteiger partial charge in [-0.3, -0.25) is 0 Å². The van der Waals surface area contributed by atoms with Crippen LogP contribution in [0.15, 0.2) is 0 Å². The first-order valence-corrected chi connectivity index (χ1v) is 6.79. The minimum atomic E-state index is 0.720. The summed E-state index contributed by atoms with van der Waals surface area (Å²) in [6.45, 7) is 9.82. The lowest BCUT2D eigenvalue weighted by molar-refractivity contribution is 0.0751. The van der Waals surface area contributed by atoms with Crippen LogP contribution in [0.5, 0.6) is 0 Å². The fraction of sp³-hybridized carbons (Fsp3) is 1.00. The van der Waals surface area contributed by atoms with Crippen molar-refractivity contribution in [2.24, 2.45) is 5.92 Å². The third kappa shape index (κ3) is 4.40. The zero-order chi connectivity index (χ0) is 11.8. The monoisotopic (exact) mass is 228 g/mol. The van der Waals surface area contributed by atoms with Gasteiger partial charge in [0.2, 0.25) is 0 Å². The molecule has 0 aromatic rings. The molecular formula is C13H28N2O. The summed E-state index contributed by atoms with van der Waals surface area (Å²) in [7, 11) is 2.09. The van der Waals surface area contributed by atoms with E-state index < -0.39 is 0 Å². The summed E-state index contributed by atoms with van der Waals surface area (Å²) < 4.78 is 5.55. The van der Waals surface area contributed by atoms with E-state index >= 15 is 0 Å². The highest BCUT2D eigenvalue weighted by molar-refractivity contribution is 4.83. The van der Waals surface area contributed by atoms with Gasteiger partial charge >= 0.3 is 0 Å². The van der Waals surface area contributed by atoms with Gasteiger partial charge in [-0.1, -0.05) is 20.3 Å². The molecule has 0 radical (unpaired) electrons. The molecule has 3 nitrogen and oxygen atoms in total. The minimum absolute atomic E-state index is 0.720. The number of nitrogens with one attached hydrogen (secondary N) is 1. The molecule has 1 rings (SSSR count). The predicted octanol–water partition coefficient (Wildman–Crippen LogP) is 1.73. The Balaban J connectivity index is 2.20. The summed E-state index contributed by atoms with van der Waals surface area (Å²) in [6, 6.07) is 0.720. The Kier molecular flexibility index (Phi) is 7.01. The van der Waals surface area contributed by atoms with E-state index in [9.17, 15) is 0 Å². The normalized spacial score (nSPS) is 27.2. The number of likely N-dealkylation sites (tertiary alicyclic amines) is 1. The second kappa shape index (κ2) is 8.04. The molecule has 0 bridgehead atoms. The van der Waals surface area contributed by atoms with E-state index in [0.717, 1.165) is 38.1 Å². The maximum absolute atomic E-state index is 5.55. The molecule has 1 heterocycles. The van der Waals surface area contributed by atoms with Crippen LogP contribution in [0.1, 0.15) is 33.1 Å². The zero-order valence-electron chi connectivity index (χ0n) is 11.2. The Hall–Kier alpha value is -0.120. The van der Waals surface area contributed by atoms with Gasteiger partial charge in [0, 0.05) is 25.7 Å². The van der Waals surface area contributed by atoms with Gasteiger partial charge < -0.3 is 15.0 Å². The topological polar surface area (TPSA) is 24.5 Å². The van der Waals surface area contributed by atoms with E-state index in [4.69, 9.17) is 4.74 Å². The van der Waals surface area contributed by atoms with Crippen molar-refractivity contribution in [2.45, 2.75) is 39.2 Å². The molecule has 3 heteroatoms. The molecule has 2 atom stereocenters.